The molecule has 0 bridgehead atoms. The van der Waals surface area contributed by atoms with Crippen LogP contribution in [0.5, 0.6) is 0 Å². The number of pyridine rings is 1. The van der Waals surface area contributed by atoms with Crippen LogP contribution < -0.4 is 4.90 Å². The third-order valence-corrected chi connectivity index (χ3v) is 4.07. The maximum Gasteiger partial charge on any atom is 0.128 e. The van der Waals surface area contributed by atoms with Gasteiger partial charge in [0.05, 0.1) is 6.10 Å². The van der Waals surface area contributed by atoms with E-state index in [4.69, 9.17) is 0 Å². The van der Waals surface area contributed by atoms with E-state index >= 15 is 0 Å². The largest absolute Gasteiger partial charge is 0.389 e. The molecule has 4 heteroatoms. The van der Waals surface area contributed by atoms with Gasteiger partial charge in [-0.05, 0) is 38.1 Å². The number of aliphatic hydroxyl groups excluding tert-OH is 1. The zero-order valence-electron chi connectivity index (χ0n) is 12.2. The van der Waals surface area contributed by atoms with Crippen molar-refractivity contribution in [1.82, 2.24) is 9.88 Å². The van der Waals surface area contributed by atoms with Gasteiger partial charge in [-0.2, -0.15) is 0 Å². The van der Waals surface area contributed by atoms with Crippen molar-refractivity contribution >= 4 is 5.82 Å². The number of anilines is 1. The lowest BCUT2D eigenvalue weighted by atomic mass is 10.2. The first-order chi connectivity index (χ1) is 9.15. The van der Waals surface area contributed by atoms with E-state index in [2.05, 4.69) is 28.6 Å². The monoisotopic (exact) mass is 263 g/mol. The zero-order chi connectivity index (χ0) is 13.8. The van der Waals surface area contributed by atoms with Crippen LogP contribution in [0.25, 0.3) is 0 Å². The Kier molecular flexibility index (Phi) is 4.77. The van der Waals surface area contributed by atoms with Gasteiger partial charge in [0.2, 0.25) is 0 Å². The van der Waals surface area contributed by atoms with Gasteiger partial charge in [0.15, 0.2) is 0 Å². The quantitative estimate of drug-likeness (QED) is 0.882. The van der Waals surface area contributed by atoms with E-state index in [0.29, 0.717) is 6.04 Å². The minimum absolute atomic E-state index is 0.441. The summed E-state index contributed by atoms with van der Waals surface area (Å²) in [7, 11) is 0. The van der Waals surface area contributed by atoms with Crippen LogP contribution in [0.2, 0.25) is 0 Å². The van der Waals surface area contributed by atoms with Crippen molar-refractivity contribution in [1.29, 1.82) is 0 Å². The summed E-state index contributed by atoms with van der Waals surface area (Å²) in [5.41, 5.74) is 0.878. The van der Waals surface area contributed by atoms with Gasteiger partial charge in [0.1, 0.15) is 5.82 Å². The maximum atomic E-state index is 9.50. The lowest BCUT2D eigenvalue weighted by molar-refractivity contribution is 0.199. The zero-order valence-corrected chi connectivity index (χ0v) is 12.2. The fourth-order valence-electron chi connectivity index (χ4n) is 2.82. The Balaban J connectivity index is 2.00. The van der Waals surface area contributed by atoms with Crippen molar-refractivity contribution in [3.8, 4) is 0 Å². The summed E-state index contributed by atoms with van der Waals surface area (Å²) in [5.74, 6) is 1.03. The molecular formula is C15H25N3O. The predicted molar refractivity (Wildman–Crippen MR) is 78.4 cm³/mol. The standard InChI is InChI=1S/C15H25N3O/c1-4-17(5-2)14-8-9-18(11-14)15-7-6-13(10-16-15)12(3)19/h6-7,10,12,14,19H,4-5,8-9,11H2,1-3H3/t12-,14?/m1/s1. The van der Waals surface area contributed by atoms with Gasteiger partial charge >= 0.3 is 0 Å². The van der Waals surface area contributed by atoms with Crippen LogP contribution in [0.4, 0.5) is 5.82 Å². The SMILES string of the molecule is CCN(CC)C1CCN(c2ccc([C@@H](C)O)cn2)C1. The molecule has 106 valence electrons. The van der Waals surface area contributed by atoms with Crippen molar-refractivity contribution in [2.24, 2.45) is 0 Å². The molecular weight excluding hydrogens is 238 g/mol. The summed E-state index contributed by atoms with van der Waals surface area (Å²) in [4.78, 5) is 9.33. The Morgan fingerprint density at radius 1 is 1.42 bits per heavy atom. The molecule has 0 spiro atoms. The van der Waals surface area contributed by atoms with Gasteiger partial charge in [-0.1, -0.05) is 19.9 Å². The normalized spacial score (nSPS) is 21.1. The summed E-state index contributed by atoms with van der Waals surface area (Å²) in [6.45, 7) is 10.6. The number of nitrogens with zero attached hydrogens (tertiary/aromatic N) is 3. The summed E-state index contributed by atoms with van der Waals surface area (Å²) in [6, 6.07) is 4.64. The van der Waals surface area contributed by atoms with Crippen LogP contribution in [0.1, 0.15) is 38.9 Å². The number of rotatable bonds is 5. The van der Waals surface area contributed by atoms with Crippen LogP contribution in [-0.2, 0) is 0 Å². The second-order valence-corrected chi connectivity index (χ2v) is 5.24. The lowest BCUT2D eigenvalue weighted by Crippen LogP contribution is -2.37. The van der Waals surface area contributed by atoms with E-state index < -0.39 is 6.10 Å². The molecule has 0 aliphatic carbocycles. The summed E-state index contributed by atoms with van der Waals surface area (Å²) < 4.78 is 0. The first-order valence-corrected chi connectivity index (χ1v) is 7.28. The Bertz CT molecular complexity index is 387. The molecule has 1 aromatic heterocycles. The molecule has 2 rings (SSSR count). The molecule has 1 unspecified atom stereocenters. The summed E-state index contributed by atoms with van der Waals surface area (Å²) >= 11 is 0. The van der Waals surface area contributed by atoms with Crippen LogP contribution in [-0.4, -0.2) is 47.2 Å². The molecule has 4 nitrogen and oxygen atoms in total. The van der Waals surface area contributed by atoms with Crippen LogP contribution in [0.3, 0.4) is 0 Å². The lowest BCUT2D eigenvalue weighted by Gasteiger charge is -2.26. The van der Waals surface area contributed by atoms with Crippen molar-refractivity contribution in [3.05, 3.63) is 23.9 Å². The molecule has 2 heterocycles. The minimum atomic E-state index is -0.441. The molecule has 1 aromatic rings. The number of likely N-dealkylation sites (N-methyl/N-ethyl adjacent to an activating group) is 1. The molecule has 0 amide bonds. The van der Waals surface area contributed by atoms with Crippen LogP contribution >= 0.6 is 0 Å². The number of hydrogen-bond acceptors (Lipinski definition) is 4. The average molecular weight is 263 g/mol. The van der Waals surface area contributed by atoms with Crippen molar-refractivity contribution in [3.63, 3.8) is 0 Å². The van der Waals surface area contributed by atoms with Gasteiger partial charge < -0.3 is 10.0 Å². The second-order valence-electron chi connectivity index (χ2n) is 5.24. The van der Waals surface area contributed by atoms with E-state index in [1.54, 1.807) is 13.1 Å². The highest BCUT2D eigenvalue weighted by atomic mass is 16.3. The number of aliphatic hydroxyl groups is 1. The van der Waals surface area contributed by atoms with Crippen LogP contribution in [0.15, 0.2) is 18.3 Å². The van der Waals surface area contributed by atoms with Gasteiger partial charge in [-0.25, -0.2) is 4.98 Å². The fraction of sp³-hybridized carbons (Fsp3) is 0.667. The van der Waals surface area contributed by atoms with Gasteiger partial charge in [0.25, 0.3) is 0 Å². The maximum absolute atomic E-state index is 9.50. The molecule has 19 heavy (non-hydrogen) atoms. The Labute approximate surface area is 116 Å². The highest BCUT2D eigenvalue weighted by molar-refractivity contribution is 5.41. The third kappa shape index (κ3) is 3.25. The van der Waals surface area contributed by atoms with E-state index in [1.165, 1.54) is 6.42 Å². The fourth-order valence-corrected chi connectivity index (χ4v) is 2.82. The Morgan fingerprint density at radius 3 is 2.68 bits per heavy atom. The molecule has 1 N–H and O–H groups in total. The number of hydrogen-bond donors (Lipinski definition) is 1. The Morgan fingerprint density at radius 2 is 2.16 bits per heavy atom. The topological polar surface area (TPSA) is 39.6 Å². The molecule has 1 aliphatic heterocycles. The highest BCUT2D eigenvalue weighted by Crippen LogP contribution is 2.22. The van der Waals surface area contributed by atoms with E-state index in [-0.39, 0.29) is 0 Å². The van der Waals surface area contributed by atoms with Crippen molar-refractivity contribution in [2.75, 3.05) is 31.1 Å². The first-order valence-electron chi connectivity index (χ1n) is 7.28. The predicted octanol–water partition coefficient (Wildman–Crippen LogP) is 2.06. The van der Waals surface area contributed by atoms with Gasteiger partial charge in [-0.3, -0.25) is 4.90 Å². The first kappa shape index (κ1) is 14.3. The van der Waals surface area contributed by atoms with Crippen molar-refractivity contribution in [2.45, 2.75) is 39.3 Å². The van der Waals surface area contributed by atoms with Gasteiger partial charge in [-0.15, -0.1) is 0 Å². The molecule has 1 fully saturated rings. The molecule has 1 aliphatic rings. The smallest absolute Gasteiger partial charge is 0.128 e. The molecule has 0 radical (unpaired) electrons. The van der Waals surface area contributed by atoms with Crippen LogP contribution in [0, 0.1) is 0 Å². The van der Waals surface area contributed by atoms with E-state index in [0.717, 1.165) is 37.6 Å². The average Bonchev–Trinajstić information content (AvgIpc) is 2.90. The van der Waals surface area contributed by atoms with Gasteiger partial charge in [0, 0.05) is 25.3 Å². The second kappa shape index (κ2) is 6.35. The molecule has 1 saturated heterocycles. The third-order valence-electron chi connectivity index (χ3n) is 4.07. The Hall–Kier alpha value is -1.13. The molecule has 0 saturated carbocycles. The van der Waals surface area contributed by atoms with E-state index in [9.17, 15) is 5.11 Å². The highest BCUT2D eigenvalue weighted by Gasteiger charge is 2.26. The molecule has 2 atom stereocenters. The van der Waals surface area contributed by atoms with E-state index in [1.807, 2.05) is 12.1 Å². The summed E-state index contributed by atoms with van der Waals surface area (Å²) in [6.07, 6.45) is 2.55. The number of aromatic nitrogens is 1. The molecule has 0 aromatic carbocycles. The summed E-state index contributed by atoms with van der Waals surface area (Å²) in [5, 5.41) is 9.50. The van der Waals surface area contributed by atoms with Crippen molar-refractivity contribution < 1.29 is 5.11 Å². The minimum Gasteiger partial charge on any atom is -0.389 e.